The molecule has 1 aromatic rings. The van der Waals surface area contributed by atoms with Crippen LogP contribution in [0.5, 0.6) is 0 Å². The number of rotatable bonds is 5. The fourth-order valence-electron chi connectivity index (χ4n) is 1.80. The minimum atomic E-state index is -1.10. The van der Waals surface area contributed by atoms with Gasteiger partial charge in [0.1, 0.15) is 5.82 Å². The fourth-order valence-corrected chi connectivity index (χ4v) is 2.00. The van der Waals surface area contributed by atoms with Gasteiger partial charge in [0, 0.05) is 6.42 Å². The van der Waals surface area contributed by atoms with Gasteiger partial charge in [0.2, 0.25) is 0 Å². The Morgan fingerprint density at radius 1 is 1.35 bits per heavy atom. The van der Waals surface area contributed by atoms with Gasteiger partial charge in [-0.25, -0.2) is 4.39 Å². The summed E-state index contributed by atoms with van der Waals surface area (Å²) >= 11 is 5.66. The largest absolute Gasteiger partial charge is 0.390 e. The number of halogens is 2. The van der Waals surface area contributed by atoms with Crippen LogP contribution < -0.4 is 0 Å². The number of hydrogen-bond acceptors (Lipinski definition) is 2. The molecule has 1 rings (SSSR count). The van der Waals surface area contributed by atoms with Crippen molar-refractivity contribution >= 4 is 11.6 Å². The predicted octanol–water partition coefficient (Wildman–Crippen LogP) is 2.93. The van der Waals surface area contributed by atoms with Crippen LogP contribution in [0, 0.1) is 5.82 Å². The zero-order valence-corrected chi connectivity index (χ0v) is 10.8. The third kappa shape index (κ3) is 3.41. The maximum absolute atomic E-state index is 13.0. The summed E-state index contributed by atoms with van der Waals surface area (Å²) in [6.45, 7) is 3.65. The summed E-state index contributed by atoms with van der Waals surface area (Å²) in [7, 11) is 0. The number of aliphatic hydroxyl groups excluding tert-OH is 1. The first-order valence-electron chi connectivity index (χ1n) is 5.77. The lowest BCUT2D eigenvalue weighted by Gasteiger charge is -2.31. The Hall–Kier alpha value is -0.640. The zero-order chi connectivity index (χ0) is 13.1. The van der Waals surface area contributed by atoms with E-state index in [4.69, 9.17) is 11.6 Å². The maximum atomic E-state index is 13.0. The van der Waals surface area contributed by atoms with Gasteiger partial charge in [-0.05, 0) is 30.5 Å². The molecule has 1 atom stereocenters. The van der Waals surface area contributed by atoms with E-state index < -0.39 is 17.5 Å². The molecule has 2 N–H and O–H groups in total. The second-order valence-corrected chi connectivity index (χ2v) is 4.69. The van der Waals surface area contributed by atoms with Crippen molar-refractivity contribution in [1.29, 1.82) is 0 Å². The first-order chi connectivity index (χ1) is 7.92. The molecule has 4 heteroatoms. The van der Waals surface area contributed by atoms with Crippen LogP contribution in [0.4, 0.5) is 4.39 Å². The second-order valence-electron chi connectivity index (χ2n) is 4.28. The summed E-state index contributed by atoms with van der Waals surface area (Å²) in [6, 6.07) is 4.31. The Labute approximate surface area is 106 Å². The zero-order valence-electron chi connectivity index (χ0n) is 10.1. The van der Waals surface area contributed by atoms with Crippen molar-refractivity contribution in [2.45, 2.75) is 44.8 Å². The Kier molecular flexibility index (Phi) is 4.92. The Balaban J connectivity index is 2.80. The third-order valence-electron chi connectivity index (χ3n) is 3.26. The molecule has 1 aromatic carbocycles. The average Bonchev–Trinajstić information content (AvgIpc) is 2.32. The standard InChI is InChI=1S/C13H18ClFO2/c1-3-13(17,4-2)12(16)8-9-5-6-11(15)10(14)7-9/h5-7,12,16-17H,3-4,8H2,1-2H3. The number of benzene rings is 1. The van der Waals surface area contributed by atoms with Crippen molar-refractivity contribution in [2.24, 2.45) is 0 Å². The maximum Gasteiger partial charge on any atom is 0.141 e. The van der Waals surface area contributed by atoms with Crippen molar-refractivity contribution in [3.05, 3.63) is 34.6 Å². The molecule has 0 bridgehead atoms. The molecule has 0 aromatic heterocycles. The summed E-state index contributed by atoms with van der Waals surface area (Å²) in [5.74, 6) is -0.480. The highest BCUT2D eigenvalue weighted by molar-refractivity contribution is 6.30. The molecular weight excluding hydrogens is 243 g/mol. The van der Waals surface area contributed by atoms with Crippen molar-refractivity contribution in [2.75, 3.05) is 0 Å². The molecule has 17 heavy (non-hydrogen) atoms. The molecule has 0 amide bonds. The van der Waals surface area contributed by atoms with Crippen molar-refractivity contribution in [1.82, 2.24) is 0 Å². The van der Waals surface area contributed by atoms with Crippen LogP contribution in [0.3, 0.4) is 0 Å². The predicted molar refractivity (Wildman–Crippen MR) is 66.7 cm³/mol. The molecule has 0 saturated carbocycles. The summed E-state index contributed by atoms with van der Waals surface area (Å²) in [4.78, 5) is 0. The summed E-state index contributed by atoms with van der Waals surface area (Å²) in [6.07, 6.45) is 0.330. The minimum absolute atomic E-state index is 0.0336. The van der Waals surface area contributed by atoms with Gasteiger partial charge in [0.15, 0.2) is 0 Å². The Morgan fingerprint density at radius 2 is 1.94 bits per heavy atom. The van der Waals surface area contributed by atoms with Gasteiger partial charge >= 0.3 is 0 Å². The highest BCUT2D eigenvalue weighted by atomic mass is 35.5. The Bertz CT molecular complexity index is 378. The molecular formula is C13H18ClFO2. The van der Waals surface area contributed by atoms with E-state index in [1.165, 1.54) is 12.1 Å². The summed E-state index contributed by atoms with van der Waals surface area (Å²) in [5.41, 5.74) is -0.384. The van der Waals surface area contributed by atoms with Gasteiger partial charge < -0.3 is 10.2 Å². The topological polar surface area (TPSA) is 40.5 Å². The van der Waals surface area contributed by atoms with Crippen molar-refractivity contribution < 1.29 is 14.6 Å². The molecule has 0 fully saturated rings. The molecule has 0 aliphatic carbocycles. The van der Waals surface area contributed by atoms with Crippen molar-refractivity contribution in [3.8, 4) is 0 Å². The fraction of sp³-hybridized carbons (Fsp3) is 0.538. The van der Waals surface area contributed by atoms with E-state index in [1.54, 1.807) is 6.07 Å². The Morgan fingerprint density at radius 3 is 2.41 bits per heavy atom. The summed E-state index contributed by atoms with van der Waals surface area (Å²) < 4.78 is 13.0. The SMILES string of the molecule is CCC(O)(CC)C(O)Cc1ccc(F)c(Cl)c1. The molecule has 96 valence electrons. The molecule has 0 spiro atoms. The van der Waals surface area contributed by atoms with Crippen LogP contribution in [0.15, 0.2) is 18.2 Å². The van der Waals surface area contributed by atoms with E-state index in [2.05, 4.69) is 0 Å². The monoisotopic (exact) mass is 260 g/mol. The van der Waals surface area contributed by atoms with Gasteiger partial charge in [-0.15, -0.1) is 0 Å². The van der Waals surface area contributed by atoms with Crippen LogP contribution in [-0.2, 0) is 6.42 Å². The van der Waals surface area contributed by atoms with Gasteiger partial charge in [-0.2, -0.15) is 0 Å². The van der Waals surface area contributed by atoms with Crippen LogP contribution in [-0.4, -0.2) is 21.9 Å². The van der Waals surface area contributed by atoms with Gasteiger partial charge in [-0.1, -0.05) is 31.5 Å². The molecule has 1 unspecified atom stereocenters. The normalized spacial score (nSPS) is 13.8. The average molecular weight is 261 g/mol. The van der Waals surface area contributed by atoms with E-state index >= 15 is 0 Å². The third-order valence-corrected chi connectivity index (χ3v) is 3.55. The molecule has 0 aliphatic heterocycles. The van der Waals surface area contributed by atoms with Gasteiger partial charge in [-0.3, -0.25) is 0 Å². The van der Waals surface area contributed by atoms with Crippen LogP contribution in [0.2, 0.25) is 5.02 Å². The minimum Gasteiger partial charge on any atom is -0.390 e. The number of hydrogen-bond donors (Lipinski definition) is 2. The number of aliphatic hydroxyl groups is 2. The van der Waals surface area contributed by atoms with E-state index in [1.807, 2.05) is 13.8 Å². The molecule has 0 saturated heterocycles. The van der Waals surface area contributed by atoms with Crippen LogP contribution >= 0.6 is 11.6 Å². The van der Waals surface area contributed by atoms with Crippen molar-refractivity contribution in [3.63, 3.8) is 0 Å². The first-order valence-corrected chi connectivity index (χ1v) is 6.15. The van der Waals surface area contributed by atoms with Gasteiger partial charge in [0.25, 0.3) is 0 Å². The quantitative estimate of drug-likeness (QED) is 0.855. The molecule has 0 aliphatic rings. The van der Waals surface area contributed by atoms with Gasteiger partial charge in [0.05, 0.1) is 16.7 Å². The molecule has 2 nitrogen and oxygen atoms in total. The van der Waals surface area contributed by atoms with E-state index in [0.717, 1.165) is 0 Å². The lowest BCUT2D eigenvalue weighted by Crippen LogP contribution is -2.42. The van der Waals surface area contributed by atoms with Crippen LogP contribution in [0.1, 0.15) is 32.3 Å². The molecule has 0 heterocycles. The first kappa shape index (κ1) is 14.4. The molecule has 0 radical (unpaired) electrons. The highest BCUT2D eigenvalue weighted by Gasteiger charge is 2.31. The lowest BCUT2D eigenvalue weighted by molar-refractivity contribution is -0.0790. The van der Waals surface area contributed by atoms with Crippen LogP contribution in [0.25, 0.3) is 0 Å². The van der Waals surface area contributed by atoms with E-state index in [0.29, 0.717) is 18.4 Å². The highest BCUT2D eigenvalue weighted by Crippen LogP contribution is 2.24. The lowest BCUT2D eigenvalue weighted by atomic mass is 9.87. The second kappa shape index (κ2) is 5.80. The van der Waals surface area contributed by atoms with E-state index in [9.17, 15) is 14.6 Å². The smallest absolute Gasteiger partial charge is 0.141 e. The summed E-state index contributed by atoms with van der Waals surface area (Å²) in [5, 5.41) is 20.2. The van der Waals surface area contributed by atoms with E-state index in [-0.39, 0.29) is 11.4 Å².